The van der Waals surface area contributed by atoms with Crippen molar-refractivity contribution in [3.05, 3.63) is 54.4 Å². The number of carboxylic acid groups (broad SMARTS) is 1. The largest absolute Gasteiger partial charge is 0.481 e. The maximum Gasteiger partial charge on any atom is 0.319 e. The van der Waals surface area contributed by atoms with Crippen molar-refractivity contribution in [2.75, 3.05) is 23.3 Å². The van der Waals surface area contributed by atoms with E-state index in [0.717, 1.165) is 12.8 Å². The quantitative estimate of drug-likeness (QED) is 0.396. The average Bonchev–Trinajstić information content (AvgIpc) is 3.21. The average molecular weight is 468 g/mol. The van der Waals surface area contributed by atoms with Crippen LogP contribution in [0.2, 0.25) is 0 Å². The number of aliphatic carboxylic acids is 1. The number of unbranched alkanes of at least 4 members (excludes halogenated alkanes) is 1. The van der Waals surface area contributed by atoms with E-state index in [0.29, 0.717) is 23.5 Å². The molecule has 1 saturated heterocycles. The zero-order chi connectivity index (χ0) is 24.5. The Labute approximate surface area is 197 Å². The fraction of sp³-hybridized carbons (Fsp3) is 0.375. The number of carbonyl (C=O) groups excluding carboxylic acids is 3. The molecule has 2 aromatic rings. The molecule has 4 amide bonds. The first kappa shape index (κ1) is 24.7. The van der Waals surface area contributed by atoms with Gasteiger partial charge in [0.1, 0.15) is 0 Å². The van der Waals surface area contributed by atoms with Gasteiger partial charge in [-0.15, -0.1) is 0 Å². The Kier molecular flexibility index (Phi) is 8.55. The maximum absolute atomic E-state index is 12.9. The fourth-order valence-corrected chi connectivity index (χ4v) is 3.74. The van der Waals surface area contributed by atoms with Gasteiger partial charge in [-0.3, -0.25) is 19.4 Å². The molecule has 180 valence electrons. The monoisotopic (exact) mass is 467 g/mol. The summed E-state index contributed by atoms with van der Waals surface area (Å²) in [6.45, 7) is 2.77. The Hall–Kier alpha value is -3.95. The number of hydrogen-bond acceptors (Lipinski definition) is 5. The van der Waals surface area contributed by atoms with Crippen LogP contribution in [-0.2, 0) is 14.4 Å². The van der Waals surface area contributed by atoms with Gasteiger partial charge in [0.2, 0.25) is 11.8 Å². The Bertz CT molecular complexity index is 1030. The smallest absolute Gasteiger partial charge is 0.319 e. The van der Waals surface area contributed by atoms with Crippen LogP contribution >= 0.6 is 0 Å². The van der Waals surface area contributed by atoms with Crippen molar-refractivity contribution in [3.63, 3.8) is 0 Å². The van der Waals surface area contributed by atoms with Crippen LogP contribution in [0.1, 0.15) is 44.2 Å². The molecular formula is C24H29N5O5. The first-order valence-corrected chi connectivity index (χ1v) is 11.2. The van der Waals surface area contributed by atoms with Gasteiger partial charge in [0.25, 0.3) is 0 Å². The van der Waals surface area contributed by atoms with Gasteiger partial charge in [0, 0.05) is 43.3 Å². The van der Waals surface area contributed by atoms with Gasteiger partial charge >= 0.3 is 12.0 Å². The number of urea groups is 1. The molecule has 34 heavy (non-hydrogen) atoms. The van der Waals surface area contributed by atoms with Crippen molar-refractivity contribution >= 4 is 35.2 Å². The van der Waals surface area contributed by atoms with Crippen molar-refractivity contribution in [2.24, 2.45) is 5.92 Å². The lowest BCUT2D eigenvalue weighted by molar-refractivity contribution is -0.138. The second kappa shape index (κ2) is 11.8. The molecule has 1 aromatic heterocycles. The molecule has 2 heterocycles. The Morgan fingerprint density at radius 1 is 1.24 bits per heavy atom. The summed E-state index contributed by atoms with van der Waals surface area (Å²) in [6.07, 6.45) is 4.64. The lowest BCUT2D eigenvalue weighted by atomic mass is 10.0. The number of benzene rings is 1. The molecule has 10 nitrogen and oxygen atoms in total. The summed E-state index contributed by atoms with van der Waals surface area (Å²) in [4.78, 5) is 54.4. The van der Waals surface area contributed by atoms with Gasteiger partial charge in [0.15, 0.2) is 0 Å². The van der Waals surface area contributed by atoms with Crippen molar-refractivity contribution in [2.45, 2.75) is 38.6 Å². The molecular weight excluding hydrogens is 438 g/mol. The zero-order valence-electron chi connectivity index (χ0n) is 19.0. The van der Waals surface area contributed by atoms with Gasteiger partial charge in [-0.25, -0.2) is 4.79 Å². The first-order valence-electron chi connectivity index (χ1n) is 11.2. The second-order valence-corrected chi connectivity index (χ2v) is 8.14. The highest BCUT2D eigenvalue weighted by molar-refractivity contribution is 6.01. The number of rotatable bonds is 10. The highest BCUT2D eigenvalue weighted by atomic mass is 16.4. The summed E-state index contributed by atoms with van der Waals surface area (Å²) < 4.78 is 0. The lowest BCUT2D eigenvalue weighted by Crippen LogP contribution is -2.36. The number of nitrogens with one attached hydrogen (secondary N) is 3. The van der Waals surface area contributed by atoms with Crippen molar-refractivity contribution in [1.82, 2.24) is 15.6 Å². The van der Waals surface area contributed by atoms with Crippen LogP contribution in [0.3, 0.4) is 0 Å². The number of hydrogen-bond donors (Lipinski definition) is 4. The summed E-state index contributed by atoms with van der Waals surface area (Å²) in [6, 6.07) is 9.16. The molecule has 0 spiro atoms. The van der Waals surface area contributed by atoms with Crippen LogP contribution in [0.15, 0.2) is 48.8 Å². The van der Waals surface area contributed by atoms with Crippen LogP contribution in [0, 0.1) is 5.92 Å². The molecule has 1 aliphatic rings. The predicted octanol–water partition coefficient (Wildman–Crippen LogP) is 2.69. The molecule has 0 aliphatic carbocycles. The van der Waals surface area contributed by atoms with Gasteiger partial charge < -0.3 is 26.0 Å². The number of nitrogens with zero attached hydrogens (tertiary/aromatic N) is 2. The van der Waals surface area contributed by atoms with Crippen LogP contribution < -0.4 is 20.9 Å². The molecule has 10 heteroatoms. The second-order valence-electron chi connectivity index (χ2n) is 8.14. The minimum atomic E-state index is -1.05. The lowest BCUT2D eigenvalue weighted by Gasteiger charge is -2.20. The highest BCUT2D eigenvalue weighted by Gasteiger charge is 2.36. The Balaban J connectivity index is 1.64. The molecule has 4 N–H and O–H groups in total. The van der Waals surface area contributed by atoms with E-state index >= 15 is 0 Å². The zero-order valence-corrected chi connectivity index (χ0v) is 19.0. The number of amides is 4. The highest BCUT2D eigenvalue weighted by Crippen LogP contribution is 2.28. The van der Waals surface area contributed by atoms with Crippen LogP contribution in [0.4, 0.5) is 16.2 Å². The fourth-order valence-electron chi connectivity index (χ4n) is 3.74. The van der Waals surface area contributed by atoms with E-state index in [1.165, 1.54) is 11.1 Å². The first-order chi connectivity index (χ1) is 16.4. The number of anilines is 2. The molecule has 2 unspecified atom stereocenters. The van der Waals surface area contributed by atoms with E-state index in [1.54, 1.807) is 42.6 Å². The third-order valence-corrected chi connectivity index (χ3v) is 5.51. The van der Waals surface area contributed by atoms with Gasteiger partial charge in [-0.2, -0.15) is 0 Å². The predicted molar refractivity (Wildman–Crippen MR) is 126 cm³/mol. The molecule has 0 radical (unpaired) electrons. The third-order valence-electron chi connectivity index (χ3n) is 5.51. The Morgan fingerprint density at radius 3 is 2.76 bits per heavy atom. The molecule has 1 fully saturated rings. The number of pyridine rings is 1. The number of carboxylic acids is 1. The van der Waals surface area contributed by atoms with Gasteiger partial charge in [-0.1, -0.05) is 25.5 Å². The van der Waals surface area contributed by atoms with E-state index < -0.39 is 23.8 Å². The molecule has 2 atom stereocenters. The summed E-state index contributed by atoms with van der Waals surface area (Å²) in [5, 5.41) is 17.5. The Morgan fingerprint density at radius 2 is 2.06 bits per heavy atom. The van der Waals surface area contributed by atoms with E-state index in [-0.39, 0.29) is 31.3 Å². The summed E-state index contributed by atoms with van der Waals surface area (Å²) >= 11 is 0. The number of aromatic nitrogens is 1. The van der Waals surface area contributed by atoms with Crippen molar-refractivity contribution in [1.29, 1.82) is 0 Å². The van der Waals surface area contributed by atoms with E-state index in [9.17, 15) is 24.3 Å². The van der Waals surface area contributed by atoms with E-state index in [4.69, 9.17) is 0 Å². The molecule has 0 bridgehead atoms. The third kappa shape index (κ3) is 6.77. The molecule has 0 saturated carbocycles. The number of carbonyl (C=O) groups is 4. The normalized spacial score (nSPS) is 16.1. The summed E-state index contributed by atoms with van der Waals surface area (Å²) in [7, 11) is 0. The topological polar surface area (TPSA) is 141 Å². The van der Waals surface area contributed by atoms with Gasteiger partial charge in [0.05, 0.1) is 18.4 Å². The summed E-state index contributed by atoms with van der Waals surface area (Å²) in [5.74, 6) is -2.30. The van der Waals surface area contributed by atoms with Crippen molar-refractivity contribution in [3.8, 4) is 0 Å². The maximum atomic E-state index is 12.9. The summed E-state index contributed by atoms with van der Waals surface area (Å²) in [5.41, 5.74) is 1.68. The minimum absolute atomic E-state index is 0.00776. The van der Waals surface area contributed by atoms with E-state index in [2.05, 4.69) is 20.9 Å². The molecule has 1 aliphatic heterocycles. The SMILES string of the molecule is CCCCNC(=O)Nc1cccc(N2CC(C(=O)NC(CC(=O)O)c3cccnc3)CC2=O)c1. The van der Waals surface area contributed by atoms with Crippen LogP contribution in [0.25, 0.3) is 0 Å². The van der Waals surface area contributed by atoms with Gasteiger partial charge in [-0.05, 0) is 36.2 Å². The van der Waals surface area contributed by atoms with E-state index in [1.807, 2.05) is 6.92 Å². The minimum Gasteiger partial charge on any atom is -0.481 e. The van der Waals surface area contributed by atoms with Crippen LogP contribution in [-0.4, -0.2) is 47.0 Å². The standard InChI is InChI=1S/C24H29N5O5/c1-2-3-10-26-24(34)27-18-7-4-8-19(12-18)29-15-17(11-21(29)30)23(33)28-20(13-22(31)32)16-6-5-9-25-14-16/h4-9,12,14,17,20H,2-3,10-11,13,15H2,1H3,(H,28,33)(H,31,32)(H2,26,27,34). The van der Waals surface area contributed by atoms with Crippen molar-refractivity contribution < 1.29 is 24.3 Å². The molecule has 3 rings (SSSR count). The van der Waals surface area contributed by atoms with Crippen LogP contribution in [0.5, 0.6) is 0 Å². The molecule has 1 aromatic carbocycles.